The van der Waals surface area contributed by atoms with Gasteiger partial charge in [-0.1, -0.05) is 20.3 Å². The highest BCUT2D eigenvalue weighted by Gasteiger charge is 2.29. The molecule has 18 heavy (non-hydrogen) atoms. The van der Waals surface area contributed by atoms with Gasteiger partial charge in [0.25, 0.3) is 0 Å². The average Bonchev–Trinajstić information content (AvgIpc) is 2.39. The van der Waals surface area contributed by atoms with E-state index in [-0.39, 0.29) is 5.84 Å². The zero-order chi connectivity index (χ0) is 13.2. The van der Waals surface area contributed by atoms with E-state index in [1.54, 1.807) is 6.20 Å². The predicted octanol–water partition coefficient (Wildman–Crippen LogP) is 2.38. The second-order valence-corrected chi connectivity index (χ2v) is 5.44. The monoisotopic (exact) mass is 246 g/mol. The van der Waals surface area contributed by atoms with Crippen molar-refractivity contribution in [3.63, 3.8) is 0 Å². The van der Waals surface area contributed by atoms with Gasteiger partial charge in [0.05, 0.1) is 5.69 Å². The summed E-state index contributed by atoms with van der Waals surface area (Å²) in [5.74, 6) is 0.0504. The number of hydrogen-bond donors (Lipinski definition) is 2. The minimum Gasteiger partial charge on any atom is -0.382 e. The molecule has 0 atom stereocenters. The highest BCUT2D eigenvalue weighted by Crippen LogP contribution is 2.36. The Hall–Kier alpha value is -1.58. The molecule has 1 aromatic rings. The van der Waals surface area contributed by atoms with Crippen molar-refractivity contribution in [1.29, 1.82) is 5.41 Å². The second-order valence-electron chi connectivity index (χ2n) is 5.44. The fraction of sp³-hybridized carbons (Fsp3) is 0.571. The molecule has 0 bridgehead atoms. The van der Waals surface area contributed by atoms with Gasteiger partial charge in [0.2, 0.25) is 0 Å². The number of nitrogen functional groups attached to an aromatic ring is 1. The standard InChI is InChI=1S/C14H22N4/c1-3-14(2)6-9-18(10-7-14)11-5-4-8-17-12(11)13(15)16/h4-5,8H,3,6-7,9-10H2,1-2H3,(H3,15,16). The van der Waals surface area contributed by atoms with Gasteiger partial charge in [0.1, 0.15) is 11.5 Å². The third-order valence-corrected chi connectivity index (χ3v) is 4.21. The lowest BCUT2D eigenvalue weighted by Crippen LogP contribution is -2.39. The lowest BCUT2D eigenvalue weighted by atomic mass is 9.78. The van der Waals surface area contributed by atoms with Crippen LogP contribution in [-0.2, 0) is 0 Å². The van der Waals surface area contributed by atoms with Crippen LogP contribution in [0.1, 0.15) is 38.8 Å². The minimum absolute atomic E-state index is 0.0504. The van der Waals surface area contributed by atoms with E-state index in [2.05, 4.69) is 23.7 Å². The number of amidine groups is 1. The lowest BCUT2D eigenvalue weighted by Gasteiger charge is -2.40. The molecule has 0 aliphatic carbocycles. The molecule has 0 saturated carbocycles. The third-order valence-electron chi connectivity index (χ3n) is 4.21. The summed E-state index contributed by atoms with van der Waals surface area (Å²) in [4.78, 5) is 6.53. The number of aromatic nitrogens is 1. The molecule has 0 unspecified atom stereocenters. The van der Waals surface area contributed by atoms with E-state index in [0.29, 0.717) is 11.1 Å². The van der Waals surface area contributed by atoms with Crippen molar-refractivity contribution in [2.24, 2.45) is 11.1 Å². The number of nitrogens with zero attached hydrogens (tertiary/aromatic N) is 2. The topological polar surface area (TPSA) is 66.0 Å². The van der Waals surface area contributed by atoms with E-state index in [0.717, 1.165) is 18.8 Å². The van der Waals surface area contributed by atoms with Crippen molar-refractivity contribution in [1.82, 2.24) is 4.98 Å². The van der Waals surface area contributed by atoms with Gasteiger partial charge < -0.3 is 10.6 Å². The first-order chi connectivity index (χ1) is 8.56. The summed E-state index contributed by atoms with van der Waals surface area (Å²) in [7, 11) is 0. The Morgan fingerprint density at radius 1 is 1.50 bits per heavy atom. The molecular weight excluding hydrogens is 224 g/mol. The SMILES string of the molecule is CCC1(C)CCN(c2cccnc2C(=N)N)CC1. The van der Waals surface area contributed by atoms with Crippen LogP contribution < -0.4 is 10.6 Å². The molecular formula is C14H22N4. The number of pyridine rings is 1. The first-order valence-corrected chi connectivity index (χ1v) is 6.60. The van der Waals surface area contributed by atoms with E-state index < -0.39 is 0 Å². The van der Waals surface area contributed by atoms with E-state index in [1.807, 2.05) is 12.1 Å². The Kier molecular flexibility index (Phi) is 3.55. The normalized spacial score (nSPS) is 18.7. The minimum atomic E-state index is 0.0504. The van der Waals surface area contributed by atoms with Crippen LogP contribution in [0.2, 0.25) is 0 Å². The lowest BCUT2D eigenvalue weighted by molar-refractivity contribution is 0.238. The number of piperidine rings is 1. The molecule has 0 spiro atoms. The van der Waals surface area contributed by atoms with Crippen LogP contribution in [0, 0.1) is 10.8 Å². The quantitative estimate of drug-likeness (QED) is 0.635. The Bertz CT molecular complexity index is 433. The van der Waals surface area contributed by atoms with Gasteiger partial charge in [-0.2, -0.15) is 0 Å². The molecule has 2 heterocycles. The van der Waals surface area contributed by atoms with Gasteiger partial charge in [-0.3, -0.25) is 10.4 Å². The molecule has 0 amide bonds. The molecule has 98 valence electrons. The zero-order valence-electron chi connectivity index (χ0n) is 11.2. The summed E-state index contributed by atoms with van der Waals surface area (Å²) in [6, 6.07) is 3.92. The summed E-state index contributed by atoms with van der Waals surface area (Å²) in [5.41, 5.74) is 7.67. The van der Waals surface area contributed by atoms with Gasteiger partial charge in [-0.05, 0) is 30.4 Å². The summed E-state index contributed by atoms with van der Waals surface area (Å²) < 4.78 is 0. The maximum atomic E-state index is 7.60. The number of nitrogens with two attached hydrogens (primary N) is 1. The molecule has 4 nitrogen and oxygen atoms in total. The number of anilines is 1. The van der Waals surface area contributed by atoms with Crippen LogP contribution in [0.5, 0.6) is 0 Å². The van der Waals surface area contributed by atoms with Crippen molar-refractivity contribution >= 4 is 11.5 Å². The number of hydrogen-bond acceptors (Lipinski definition) is 3. The molecule has 1 aliphatic rings. The Balaban J connectivity index is 2.17. The van der Waals surface area contributed by atoms with Crippen LogP contribution in [0.25, 0.3) is 0 Å². The van der Waals surface area contributed by atoms with E-state index >= 15 is 0 Å². The van der Waals surface area contributed by atoms with Crippen LogP contribution in [0.15, 0.2) is 18.3 Å². The molecule has 4 heteroatoms. The second kappa shape index (κ2) is 4.96. The van der Waals surface area contributed by atoms with Crippen LogP contribution >= 0.6 is 0 Å². The molecule has 3 N–H and O–H groups in total. The molecule has 1 aromatic heterocycles. The van der Waals surface area contributed by atoms with Crippen LogP contribution in [0.4, 0.5) is 5.69 Å². The molecule has 0 radical (unpaired) electrons. The first-order valence-electron chi connectivity index (χ1n) is 6.60. The smallest absolute Gasteiger partial charge is 0.143 e. The van der Waals surface area contributed by atoms with Gasteiger partial charge in [-0.15, -0.1) is 0 Å². The highest BCUT2D eigenvalue weighted by atomic mass is 15.1. The van der Waals surface area contributed by atoms with Gasteiger partial charge in [0.15, 0.2) is 0 Å². The summed E-state index contributed by atoms with van der Waals surface area (Å²) in [5, 5.41) is 7.60. The average molecular weight is 246 g/mol. The van der Waals surface area contributed by atoms with Crippen molar-refractivity contribution in [3.8, 4) is 0 Å². The van der Waals surface area contributed by atoms with E-state index in [4.69, 9.17) is 11.1 Å². The number of rotatable bonds is 3. The maximum Gasteiger partial charge on any atom is 0.143 e. The highest BCUT2D eigenvalue weighted by molar-refractivity contribution is 5.98. The molecule has 0 aromatic carbocycles. The van der Waals surface area contributed by atoms with Crippen molar-refractivity contribution in [3.05, 3.63) is 24.0 Å². The largest absolute Gasteiger partial charge is 0.382 e. The summed E-state index contributed by atoms with van der Waals surface area (Å²) in [6.07, 6.45) is 5.30. The molecule has 1 aliphatic heterocycles. The van der Waals surface area contributed by atoms with E-state index in [9.17, 15) is 0 Å². The van der Waals surface area contributed by atoms with E-state index in [1.165, 1.54) is 19.3 Å². The van der Waals surface area contributed by atoms with Crippen molar-refractivity contribution in [2.75, 3.05) is 18.0 Å². The summed E-state index contributed by atoms with van der Waals surface area (Å²) >= 11 is 0. The Labute approximate surface area is 109 Å². The van der Waals surface area contributed by atoms with Crippen LogP contribution in [0.3, 0.4) is 0 Å². The fourth-order valence-electron chi connectivity index (χ4n) is 2.50. The summed E-state index contributed by atoms with van der Waals surface area (Å²) in [6.45, 7) is 6.67. The maximum absolute atomic E-state index is 7.60. The van der Waals surface area contributed by atoms with Crippen molar-refractivity contribution < 1.29 is 0 Å². The first kappa shape index (κ1) is 12.9. The molecule has 2 rings (SSSR count). The molecule has 1 fully saturated rings. The molecule has 1 saturated heterocycles. The van der Waals surface area contributed by atoms with Crippen molar-refractivity contribution in [2.45, 2.75) is 33.1 Å². The number of nitrogens with one attached hydrogen (secondary N) is 1. The fourth-order valence-corrected chi connectivity index (χ4v) is 2.50. The van der Waals surface area contributed by atoms with Gasteiger partial charge >= 0.3 is 0 Å². The Morgan fingerprint density at radius 3 is 2.72 bits per heavy atom. The van der Waals surface area contributed by atoms with Gasteiger partial charge in [0, 0.05) is 19.3 Å². The van der Waals surface area contributed by atoms with Gasteiger partial charge in [-0.25, -0.2) is 0 Å². The van der Waals surface area contributed by atoms with Crippen LogP contribution in [-0.4, -0.2) is 23.9 Å². The zero-order valence-corrected chi connectivity index (χ0v) is 11.2. The Morgan fingerprint density at radius 2 is 2.17 bits per heavy atom. The predicted molar refractivity (Wildman–Crippen MR) is 75.1 cm³/mol. The third kappa shape index (κ3) is 2.47.